The van der Waals surface area contributed by atoms with Crippen molar-refractivity contribution in [2.75, 3.05) is 0 Å². The van der Waals surface area contributed by atoms with E-state index < -0.39 is 23.2 Å². The molecule has 0 saturated carbocycles. The van der Waals surface area contributed by atoms with E-state index in [4.69, 9.17) is 0 Å². The van der Waals surface area contributed by atoms with Crippen LogP contribution in [0, 0.1) is 0 Å². The topological polar surface area (TPSA) is 52.2 Å². The smallest absolute Gasteiger partial charge is 0.367 e. The molecule has 1 rings (SSSR count). The molecule has 1 radical (unpaired) electrons. The van der Waals surface area contributed by atoms with Crippen molar-refractivity contribution in [3.05, 3.63) is 11.8 Å². The SMILES string of the molecule is CC1(C)N/C(=C/C(=O)C(F)(F)F)C(C)(C)N1[O]. The molecule has 0 aromatic rings. The Hall–Kier alpha value is -1.08. The summed E-state index contributed by atoms with van der Waals surface area (Å²) in [7, 11) is 0. The molecular weight excluding hydrogens is 237 g/mol. The van der Waals surface area contributed by atoms with Crippen LogP contribution in [0.5, 0.6) is 0 Å². The highest BCUT2D eigenvalue weighted by Crippen LogP contribution is 2.35. The Morgan fingerprint density at radius 2 is 1.76 bits per heavy atom. The van der Waals surface area contributed by atoms with Crippen molar-refractivity contribution >= 4 is 5.78 Å². The predicted octanol–water partition coefficient (Wildman–Crippen LogP) is 1.77. The number of halogens is 3. The zero-order valence-corrected chi connectivity index (χ0v) is 9.97. The van der Waals surface area contributed by atoms with E-state index >= 15 is 0 Å². The maximum absolute atomic E-state index is 12.1. The minimum absolute atomic E-state index is 0.0279. The number of carbonyl (C=O) groups is 1. The molecule has 7 heteroatoms. The predicted molar refractivity (Wildman–Crippen MR) is 53.0 cm³/mol. The van der Waals surface area contributed by atoms with Crippen LogP contribution in [0.1, 0.15) is 27.7 Å². The summed E-state index contributed by atoms with van der Waals surface area (Å²) in [6.07, 6.45) is -4.48. The van der Waals surface area contributed by atoms with Gasteiger partial charge in [0.1, 0.15) is 5.66 Å². The van der Waals surface area contributed by atoms with Gasteiger partial charge in [-0.3, -0.25) is 4.79 Å². The van der Waals surface area contributed by atoms with Gasteiger partial charge in [-0.25, -0.2) is 0 Å². The average molecular weight is 251 g/mol. The summed E-state index contributed by atoms with van der Waals surface area (Å²) in [6.45, 7) is 5.97. The van der Waals surface area contributed by atoms with E-state index in [9.17, 15) is 23.2 Å². The number of nitrogens with one attached hydrogen (secondary N) is 1. The molecule has 0 unspecified atom stereocenters. The van der Waals surface area contributed by atoms with E-state index in [-0.39, 0.29) is 5.70 Å². The zero-order chi connectivity index (χ0) is 13.6. The summed E-state index contributed by atoms with van der Waals surface area (Å²) >= 11 is 0. The van der Waals surface area contributed by atoms with Crippen molar-refractivity contribution in [1.29, 1.82) is 0 Å². The summed E-state index contributed by atoms with van der Waals surface area (Å²) in [4.78, 5) is 10.9. The van der Waals surface area contributed by atoms with Crippen molar-refractivity contribution in [1.82, 2.24) is 10.4 Å². The number of allylic oxidation sites excluding steroid dienone is 1. The van der Waals surface area contributed by atoms with Gasteiger partial charge in [0, 0.05) is 11.8 Å². The number of ketones is 1. The molecule has 97 valence electrons. The van der Waals surface area contributed by atoms with E-state index in [1.54, 1.807) is 0 Å². The lowest BCUT2D eigenvalue weighted by atomic mass is 10.0. The van der Waals surface area contributed by atoms with Crippen LogP contribution in [-0.4, -0.2) is 28.2 Å². The van der Waals surface area contributed by atoms with Crippen LogP contribution in [-0.2, 0) is 10.0 Å². The molecule has 1 heterocycles. The second-order valence-electron chi connectivity index (χ2n) is 4.96. The number of nitrogens with zero attached hydrogens (tertiary/aromatic N) is 1. The highest BCUT2D eigenvalue weighted by Gasteiger charge is 2.50. The number of rotatable bonds is 1. The van der Waals surface area contributed by atoms with Gasteiger partial charge >= 0.3 is 6.18 Å². The molecule has 1 aliphatic heterocycles. The molecular formula is C10H14F3N2O2. The van der Waals surface area contributed by atoms with Gasteiger partial charge in [-0.05, 0) is 27.7 Å². The number of hydrogen-bond acceptors (Lipinski definition) is 3. The van der Waals surface area contributed by atoms with Gasteiger partial charge < -0.3 is 5.32 Å². The van der Waals surface area contributed by atoms with Gasteiger partial charge in [-0.15, -0.1) is 10.3 Å². The Morgan fingerprint density at radius 1 is 1.29 bits per heavy atom. The first kappa shape index (κ1) is 14.0. The van der Waals surface area contributed by atoms with Gasteiger partial charge in [0.2, 0.25) is 0 Å². The lowest BCUT2D eigenvalue weighted by Gasteiger charge is -2.29. The van der Waals surface area contributed by atoms with Gasteiger partial charge in [-0.1, -0.05) is 0 Å². The summed E-state index contributed by atoms with van der Waals surface area (Å²) in [5.41, 5.74) is -2.26. The zero-order valence-electron chi connectivity index (χ0n) is 9.97. The third kappa shape index (κ3) is 2.44. The number of alkyl halides is 3. The summed E-state index contributed by atoms with van der Waals surface area (Å²) in [5, 5.41) is 15.1. The number of carbonyl (C=O) groups excluding carboxylic acids is 1. The van der Waals surface area contributed by atoms with E-state index in [1.807, 2.05) is 0 Å². The Balaban J connectivity index is 3.09. The molecule has 17 heavy (non-hydrogen) atoms. The lowest BCUT2D eigenvalue weighted by Crippen LogP contribution is -2.47. The van der Waals surface area contributed by atoms with E-state index in [0.717, 1.165) is 0 Å². The Labute approximate surface area is 97.0 Å². The van der Waals surface area contributed by atoms with Crippen molar-refractivity contribution in [3.63, 3.8) is 0 Å². The molecule has 0 spiro atoms. The molecule has 0 aliphatic carbocycles. The van der Waals surface area contributed by atoms with Crippen LogP contribution in [0.3, 0.4) is 0 Å². The Kier molecular flexibility index (Phi) is 3.05. The molecule has 0 bridgehead atoms. The minimum atomic E-state index is -4.93. The normalized spacial score (nSPS) is 26.0. The molecule has 1 saturated heterocycles. The fourth-order valence-corrected chi connectivity index (χ4v) is 1.77. The van der Waals surface area contributed by atoms with Crippen LogP contribution >= 0.6 is 0 Å². The van der Waals surface area contributed by atoms with E-state index in [1.165, 1.54) is 27.7 Å². The molecule has 1 fully saturated rings. The van der Waals surface area contributed by atoms with Gasteiger partial charge in [0.25, 0.3) is 5.78 Å². The maximum atomic E-state index is 12.1. The molecule has 0 amide bonds. The second-order valence-corrected chi connectivity index (χ2v) is 4.96. The lowest BCUT2D eigenvalue weighted by molar-refractivity contribution is -0.243. The van der Waals surface area contributed by atoms with Gasteiger partial charge in [-0.2, -0.15) is 13.2 Å². The van der Waals surface area contributed by atoms with Crippen molar-refractivity contribution in [3.8, 4) is 0 Å². The fourth-order valence-electron chi connectivity index (χ4n) is 1.77. The molecule has 0 aromatic heterocycles. The van der Waals surface area contributed by atoms with Crippen LogP contribution < -0.4 is 5.32 Å². The van der Waals surface area contributed by atoms with E-state index in [0.29, 0.717) is 11.1 Å². The fraction of sp³-hybridized carbons (Fsp3) is 0.700. The highest BCUT2D eigenvalue weighted by molar-refractivity contribution is 5.95. The van der Waals surface area contributed by atoms with Crippen molar-refractivity contribution in [2.24, 2.45) is 0 Å². The molecule has 0 atom stereocenters. The van der Waals surface area contributed by atoms with Gasteiger partial charge in [0.05, 0.1) is 5.54 Å². The summed E-state index contributed by atoms with van der Waals surface area (Å²) < 4.78 is 36.4. The largest absolute Gasteiger partial charge is 0.454 e. The van der Waals surface area contributed by atoms with Crippen LogP contribution in [0.2, 0.25) is 0 Å². The highest BCUT2D eigenvalue weighted by atomic mass is 19.4. The standard InChI is InChI=1S/C10H14F3N2O2/c1-8(2)6(5-7(16)10(11,12)13)14-9(3,4)15(8)17/h5,14H,1-4H3/b6-5+. The third-order valence-electron chi connectivity index (χ3n) is 2.67. The van der Waals surface area contributed by atoms with Crippen LogP contribution in [0.4, 0.5) is 13.2 Å². The van der Waals surface area contributed by atoms with Crippen molar-refractivity contribution in [2.45, 2.75) is 45.1 Å². The molecule has 1 N–H and O–H groups in total. The average Bonchev–Trinajstić information content (AvgIpc) is 2.26. The minimum Gasteiger partial charge on any atom is -0.367 e. The second kappa shape index (κ2) is 3.71. The monoisotopic (exact) mass is 251 g/mol. The van der Waals surface area contributed by atoms with Crippen LogP contribution in [0.15, 0.2) is 11.8 Å². The van der Waals surface area contributed by atoms with Crippen molar-refractivity contribution < 1.29 is 23.2 Å². The first-order valence-corrected chi connectivity index (χ1v) is 4.98. The summed E-state index contributed by atoms with van der Waals surface area (Å²) in [6, 6.07) is 0. The molecule has 1 aliphatic rings. The molecule has 0 aromatic carbocycles. The first-order valence-electron chi connectivity index (χ1n) is 4.98. The maximum Gasteiger partial charge on any atom is 0.454 e. The Bertz CT molecular complexity index is 372. The quantitative estimate of drug-likeness (QED) is 0.722. The Morgan fingerprint density at radius 3 is 2.06 bits per heavy atom. The first-order chi connectivity index (χ1) is 7.39. The van der Waals surface area contributed by atoms with E-state index in [2.05, 4.69) is 5.32 Å². The summed E-state index contributed by atoms with van der Waals surface area (Å²) in [5.74, 6) is -1.97. The third-order valence-corrected chi connectivity index (χ3v) is 2.67. The van der Waals surface area contributed by atoms with Crippen LogP contribution in [0.25, 0.3) is 0 Å². The van der Waals surface area contributed by atoms with Gasteiger partial charge in [0.15, 0.2) is 0 Å². The number of hydroxylamine groups is 2. The number of hydrogen-bond donors (Lipinski definition) is 1. The molecule has 4 nitrogen and oxygen atoms in total.